The van der Waals surface area contributed by atoms with Crippen molar-refractivity contribution < 1.29 is 14.7 Å². The maximum atomic E-state index is 12.1. The number of hydrogen-bond acceptors (Lipinski definition) is 3. The average Bonchev–Trinajstić information content (AvgIpc) is 2.76. The summed E-state index contributed by atoms with van der Waals surface area (Å²) in [7, 11) is 0. The van der Waals surface area contributed by atoms with Crippen LogP contribution in [0.3, 0.4) is 0 Å². The molecular formula is C13H24N2O3S. The van der Waals surface area contributed by atoms with Crippen molar-refractivity contribution in [3.05, 3.63) is 0 Å². The van der Waals surface area contributed by atoms with E-state index in [1.807, 2.05) is 18.7 Å². The number of aliphatic carboxylic acids is 1. The molecule has 110 valence electrons. The van der Waals surface area contributed by atoms with Crippen molar-refractivity contribution in [1.82, 2.24) is 10.2 Å². The van der Waals surface area contributed by atoms with Crippen LogP contribution in [0.1, 0.15) is 39.5 Å². The normalized spacial score (nSPS) is 22.2. The summed E-state index contributed by atoms with van der Waals surface area (Å²) in [4.78, 5) is 24.3. The standard InChI is InChI=1S/C13H24N2O3S/c1-3-8-15(9-12(16)17)13(18)14-10-6-5-7-11(10)19-4-2/h10-11H,3-9H2,1-2H3,(H,14,18)(H,16,17). The van der Waals surface area contributed by atoms with Gasteiger partial charge in [-0.15, -0.1) is 0 Å². The van der Waals surface area contributed by atoms with Crippen LogP contribution in [0.4, 0.5) is 4.79 Å². The van der Waals surface area contributed by atoms with E-state index in [1.54, 1.807) is 0 Å². The molecule has 6 heteroatoms. The number of nitrogens with one attached hydrogen (secondary N) is 1. The molecule has 0 heterocycles. The van der Waals surface area contributed by atoms with Gasteiger partial charge in [-0.25, -0.2) is 4.79 Å². The molecule has 2 unspecified atom stereocenters. The van der Waals surface area contributed by atoms with Gasteiger partial charge >= 0.3 is 12.0 Å². The Bertz CT molecular complexity index is 312. The predicted molar refractivity (Wildman–Crippen MR) is 77.6 cm³/mol. The van der Waals surface area contributed by atoms with E-state index < -0.39 is 5.97 Å². The number of carboxylic acids is 1. The Morgan fingerprint density at radius 1 is 1.37 bits per heavy atom. The van der Waals surface area contributed by atoms with Crippen LogP contribution in [-0.2, 0) is 4.79 Å². The lowest BCUT2D eigenvalue weighted by Gasteiger charge is -2.26. The fraction of sp³-hybridized carbons (Fsp3) is 0.846. The first-order valence-corrected chi connectivity index (χ1v) is 8.02. The van der Waals surface area contributed by atoms with Crippen LogP contribution in [0.25, 0.3) is 0 Å². The SMILES string of the molecule is CCCN(CC(=O)O)C(=O)NC1CCCC1SCC. The summed E-state index contributed by atoms with van der Waals surface area (Å²) in [6.45, 7) is 4.32. The van der Waals surface area contributed by atoms with E-state index in [4.69, 9.17) is 5.11 Å². The summed E-state index contributed by atoms with van der Waals surface area (Å²) in [5.74, 6) is 0.0830. The third-order valence-electron chi connectivity index (χ3n) is 3.25. The third kappa shape index (κ3) is 5.30. The molecule has 2 N–H and O–H groups in total. The average molecular weight is 288 g/mol. The van der Waals surface area contributed by atoms with Crippen LogP contribution in [0.2, 0.25) is 0 Å². The highest BCUT2D eigenvalue weighted by atomic mass is 32.2. The molecule has 19 heavy (non-hydrogen) atoms. The number of carbonyl (C=O) groups is 2. The van der Waals surface area contributed by atoms with Gasteiger partial charge in [0, 0.05) is 17.8 Å². The van der Waals surface area contributed by atoms with Crippen molar-refractivity contribution in [1.29, 1.82) is 0 Å². The van der Waals surface area contributed by atoms with Crippen molar-refractivity contribution in [2.75, 3.05) is 18.8 Å². The fourth-order valence-electron chi connectivity index (χ4n) is 2.44. The van der Waals surface area contributed by atoms with Crippen LogP contribution < -0.4 is 5.32 Å². The highest BCUT2D eigenvalue weighted by Gasteiger charge is 2.29. The number of nitrogens with zero attached hydrogens (tertiary/aromatic N) is 1. The topological polar surface area (TPSA) is 69.6 Å². The van der Waals surface area contributed by atoms with Gasteiger partial charge in [0.1, 0.15) is 6.54 Å². The summed E-state index contributed by atoms with van der Waals surface area (Å²) in [6, 6.07) is -0.0524. The van der Waals surface area contributed by atoms with Crippen LogP contribution in [0, 0.1) is 0 Å². The summed E-state index contributed by atoms with van der Waals surface area (Å²) in [6.07, 6.45) is 4.03. The molecule has 1 fully saturated rings. The lowest BCUT2D eigenvalue weighted by atomic mass is 10.2. The van der Waals surface area contributed by atoms with Gasteiger partial charge in [0.25, 0.3) is 0 Å². The molecule has 0 radical (unpaired) electrons. The number of carboxylic acid groups (broad SMARTS) is 1. The van der Waals surface area contributed by atoms with Gasteiger partial charge in [0.15, 0.2) is 0 Å². The lowest BCUT2D eigenvalue weighted by Crippen LogP contribution is -2.48. The van der Waals surface area contributed by atoms with Gasteiger partial charge in [-0.1, -0.05) is 20.3 Å². The molecule has 0 saturated heterocycles. The molecule has 0 aliphatic heterocycles. The Balaban J connectivity index is 2.52. The van der Waals surface area contributed by atoms with Crippen LogP contribution in [0.5, 0.6) is 0 Å². The maximum absolute atomic E-state index is 12.1. The molecule has 2 atom stereocenters. The summed E-state index contributed by atoms with van der Waals surface area (Å²) < 4.78 is 0. The largest absolute Gasteiger partial charge is 0.480 e. The first kappa shape index (κ1) is 16.1. The van der Waals surface area contributed by atoms with E-state index in [0.29, 0.717) is 11.8 Å². The smallest absolute Gasteiger partial charge is 0.323 e. The molecule has 1 saturated carbocycles. The van der Waals surface area contributed by atoms with Crippen molar-refractivity contribution in [3.63, 3.8) is 0 Å². The summed E-state index contributed by atoms with van der Waals surface area (Å²) in [5.41, 5.74) is 0. The monoisotopic (exact) mass is 288 g/mol. The van der Waals surface area contributed by atoms with Crippen molar-refractivity contribution >= 4 is 23.8 Å². The minimum Gasteiger partial charge on any atom is -0.480 e. The van der Waals surface area contributed by atoms with E-state index in [0.717, 1.165) is 31.4 Å². The molecule has 0 aromatic carbocycles. The Labute approximate surface area is 119 Å². The molecule has 1 rings (SSSR count). The summed E-state index contributed by atoms with van der Waals surface area (Å²) >= 11 is 1.88. The van der Waals surface area contributed by atoms with Crippen LogP contribution >= 0.6 is 11.8 Å². The summed E-state index contributed by atoms with van der Waals surface area (Å²) in [5, 5.41) is 12.3. The molecule has 2 amide bonds. The first-order chi connectivity index (χ1) is 9.08. The quantitative estimate of drug-likeness (QED) is 0.753. The highest BCUT2D eigenvalue weighted by molar-refractivity contribution is 7.99. The first-order valence-electron chi connectivity index (χ1n) is 6.97. The van der Waals surface area contributed by atoms with E-state index in [1.165, 1.54) is 4.90 Å². The second kappa shape index (κ2) is 8.30. The third-order valence-corrected chi connectivity index (χ3v) is 4.57. The zero-order valence-corrected chi connectivity index (χ0v) is 12.5. The lowest BCUT2D eigenvalue weighted by molar-refractivity contribution is -0.137. The number of carbonyl (C=O) groups excluding carboxylic acids is 1. The second-order valence-corrected chi connectivity index (χ2v) is 6.31. The minimum atomic E-state index is -0.963. The van der Waals surface area contributed by atoms with E-state index in [-0.39, 0.29) is 18.6 Å². The zero-order valence-electron chi connectivity index (χ0n) is 11.7. The van der Waals surface area contributed by atoms with Crippen LogP contribution in [0.15, 0.2) is 0 Å². The van der Waals surface area contributed by atoms with E-state index in [9.17, 15) is 9.59 Å². The number of hydrogen-bond donors (Lipinski definition) is 2. The molecule has 1 aliphatic rings. The number of thioether (sulfide) groups is 1. The molecular weight excluding hydrogens is 264 g/mol. The molecule has 0 aromatic rings. The highest BCUT2D eigenvalue weighted by Crippen LogP contribution is 2.29. The van der Waals surface area contributed by atoms with Gasteiger partial charge < -0.3 is 15.3 Å². The molecule has 0 aromatic heterocycles. The van der Waals surface area contributed by atoms with Gasteiger partial charge in [-0.05, 0) is 25.0 Å². The number of urea groups is 1. The number of rotatable bonds is 7. The zero-order chi connectivity index (χ0) is 14.3. The predicted octanol–water partition coefficient (Wildman–Crippen LogP) is 2.17. The van der Waals surface area contributed by atoms with E-state index >= 15 is 0 Å². The Kier molecular flexibility index (Phi) is 7.05. The fourth-order valence-corrected chi connectivity index (χ4v) is 3.64. The van der Waals surface area contributed by atoms with E-state index in [2.05, 4.69) is 12.2 Å². The van der Waals surface area contributed by atoms with Crippen molar-refractivity contribution in [3.8, 4) is 0 Å². The Morgan fingerprint density at radius 3 is 2.68 bits per heavy atom. The van der Waals surface area contributed by atoms with Gasteiger partial charge in [-0.3, -0.25) is 4.79 Å². The van der Waals surface area contributed by atoms with Gasteiger partial charge in [0.05, 0.1) is 0 Å². The number of amides is 2. The van der Waals surface area contributed by atoms with Crippen molar-refractivity contribution in [2.45, 2.75) is 50.8 Å². The van der Waals surface area contributed by atoms with Crippen LogP contribution in [-0.4, -0.2) is 52.1 Å². The Hall–Kier alpha value is -0.910. The van der Waals surface area contributed by atoms with Gasteiger partial charge in [-0.2, -0.15) is 11.8 Å². The molecule has 0 spiro atoms. The van der Waals surface area contributed by atoms with Crippen molar-refractivity contribution in [2.24, 2.45) is 0 Å². The Morgan fingerprint density at radius 2 is 2.11 bits per heavy atom. The second-order valence-electron chi connectivity index (χ2n) is 4.80. The van der Waals surface area contributed by atoms with Gasteiger partial charge in [0.2, 0.25) is 0 Å². The molecule has 0 bridgehead atoms. The molecule has 1 aliphatic carbocycles. The minimum absolute atomic E-state index is 0.186. The maximum Gasteiger partial charge on any atom is 0.323 e. The molecule has 5 nitrogen and oxygen atoms in total.